The van der Waals surface area contributed by atoms with Gasteiger partial charge in [-0.2, -0.15) is 0 Å². The van der Waals surface area contributed by atoms with E-state index in [0.717, 1.165) is 31.8 Å². The first-order chi connectivity index (χ1) is 9.98. The van der Waals surface area contributed by atoms with Crippen LogP contribution in [0.3, 0.4) is 0 Å². The topological polar surface area (TPSA) is 61.8 Å². The predicted molar refractivity (Wildman–Crippen MR) is 89.4 cm³/mol. The van der Waals surface area contributed by atoms with Gasteiger partial charge in [0.15, 0.2) is 15.8 Å². The Morgan fingerprint density at radius 2 is 2.19 bits per heavy atom. The third-order valence-electron chi connectivity index (χ3n) is 3.85. The molecule has 0 radical (unpaired) electrons. The van der Waals surface area contributed by atoms with Crippen molar-refractivity contribution in [3.8, 4) is 0 Å². The Bertz CT molecular complexity index is 446. The minimum absolute atomic E-state index is 0.216. The minimum atomic E-state index is -2.79. The lowest BCUT2D eigenvalue weighted by atomic mass is 10.1. The number of hydrogen-bond acceptors (Lipinski definition) is 3. The van der Waals surface area contributed by atoms with E-state index in [-0.39, 0.29) is 5.92 Å². The normalized spacial score (nSPS) is 21.2. The SMILES string of the molecule is C=CCCCCCN(C)C(=NC)NCC1CCS(=O)(=O)C1. The summed E-state index contributed by atoms with van der Waals surface area (Å²) in [4.78, 5) is 6.37. The van der Waals surface area contributed by atoms with E-state index in [9.17, 15) is 8.42 Å². The largest absolute Gasteiger partial charge is 0.356 e. The summed E-state index contributed by atoms with van der Waals surface area (Å²) in [5.74, 6) is 1.70. The van der Waals surface area contributed by atoms with Crippen LogP contribution < -0.4 is 5.32 Å². The Balaban J connectivity index is 2.26. The van der Waals surface area contributed by atoms with E-state index in [4.69, 9.17) is 0 Å². The first-order valence-corrected chi connectivity index (χ1v) is 9.53. The van der Waals surface area contributed by atoms with Gasteiger partial charge in [0.25, 0.3) is 0 Å². The monoisotopic (exact) mass is 315 g/mol. The van der Waals surface area contributed by atoms with Crippen molar-refractivity contribution in [3.63, 3.8) is 0 Å². The lowest BCUT2D eigenvalue weighted by Gasteiger charge is -2.23. The third kappa shape index (κ3) is 6.98. The summed E-state index contributed by atoms with van der Waals surface area (Å²) in [5.41, 5.74) is 0. The first kappa shape index (κ1) is 18.0. The summed E-state index contributed by atoms with van der Waals surface area (Å²) in [6.45, 7) is 5.37. The molecule has 1 unspecified atom stereocenters. The molecule has 21 heavy (non-hydrogen) atoms. The standard InChI is InChI=1S/C15H29N3O2S/c1-4-5-6-7-8-10-18(3)15(16-2)17-12-14-9-11-21(19,20)13-14/h4,14H,1,5-13H2,2-3H3,(H,16,17). The van der Waals surface area contributed by atoms with E-state index in [1.54, 1.807) is 7.05 Å². The van der Waals surface area contributed by atoms with E-state index >= 15 is 0 Å². The average Bonchev–Trinajstić information content (AvgIpc) is 2.78. The average molecular weight is 315 g/mol. The van der Waals surface area contributed by atoms with Crippen LogP contribution in [0.4, 0.5) is 0 Å². The molecule has 1 saturated heterocycles. The molecule has 1 aliphatic rings. The molecule has 6 heteroatoms. The van der Waals surface area contributed by atoms with Crippen LogP contribution in [0, 0.1) is 5.92 Å². The molecular formula is C15H29N3O2S. The molecule has 0 aromatic heterocycles. The molecule has 0 bridgehead atoms. The number of hydrogen-bond donors (Lipinski definition) is 1. The molecule has 1 aliphatic heterocycles. The molecule has 1 heterocycles. The summed E-state index contributed by atoms with van der Waals surface area (Å²) in [5, 5.41) is 3.30. The van der Waals surface area contributed by atoms with Crippen molar-refractivity contribution in [2.24, 2.45) is 10.9 Å². The number of unbranched alkanes of at least 4 members (excludes halogenated alkanes) is 3. The maximum absolute atomic E-state index is 11.4. The molecule has 5 nitrogen and oxygen atoms in total. The third-order valence-corrected chi connectivity index (χ3v) is 5.69. The number of rotatable bonds is 8. The number of guanidine groups is 1. The van der Waals surface area contributed by atoms with Gasteiger partial charge in [0.2, 0.25) is 0 Å². The van der Waals surface area contributed by atoms with Crippen molar-refractivity contribution in [3.05, 3.63) is 12.7 Å². The number of nitrogens with one attached hydrogen (secondary N) is 1. The highest BCUT2D eigenvalue weighted by Gasteiger charge is 2.27. The lowest BCUT2D eigenvalue weighted by molar-refractivity contribution is 0.446. The zero-order chi connectivity index (χ0) is 15.7. The highest BCUT2D eigenvalue weighted by atomic mass is 32.2. The van der Waals surface area contributed by atoms with Crippen molar-refractivity contribution in [2.75, 3.05) is 38.7 Å². The smallest absolute Gasteiger partial charge is 0.193 e. The van der Waals surface area contributed by atoms with Gasteiger partial charge in [0.05, 0.1) is 11.5 Å². The van der Waals surface area contributed by atoms with Crippen LogP contribution in [0.25, 0.3) is 0 Å². The van der Waals surface area contributed by atoms with Crippen LogP contribution in [0.15, 0.2) is 17.6 Å². The van der Waals surface area contributed by atoms with E-state index in [0.29, 0.717) is 18.1 Å². The number of allylic oxidation sites excluding steroid dienone is 1. The van der Waals surface area contributed by atoms with Crippen molar-refractivity contribution in [1.29, 1.82) is 0 Å². The van der Waals surface area contributed by atoms with E-state index in [1.165, 1.54) is 12.8 Å². The second-order valence-corrected chi connectivity index (χ2v) is 7.99. The number of sulfone groups is 1. The summed E-state index contributed by atoms with van der Waals surface area (Å²) < 4.78 is 22.9. The van der Waals surface area contributed by atoms with Gasteiger partial charge in [-0.15, -0.1) is 6.58 Å². The molecule has 0 amide bonds. The molecule has 1 fully saturated rings. The zero-order valence-electron chi connectivity index (χ0n) is 13.3. The quantitative estimate of drug-likeness (QED) is 0.320. The second-order valence-electron chi connectivity index (χ2n) is 5.76. The summed E-state index contributed by atoms with van der Waals surface area (Å²) in [6.07, 6.45) is 7.30. The van der Waals surface area contributed by atoms with Crippen LogP contribution in [0.5, 0.6) is 0 Å². The Kier molecular flexibility index (Phi) is 7.78. The molecule has 1 atom stereocenters. The fourth-order valence-electron chi connectivity index (χ4n) is 2.57. The maximum atomic E-state index is 11.4. The second kappa shape index (κ2) is 9.07. The van der Waals surface area contributed by atoms with E-state index in [2.05, 4.69) is 21.8 Å². The van der Waals surface area contributed by atoms with Crippen molar-refractivity contribution in [2.45, 2.75) is 32.1 Å². The molecule has 0 saturated carbocycles. The molecule has 1 N–H and O–H groups in total. The minimum Gasteiger partial charge on any atom is -0.356 e. The highest BCUT2D eigenvalue weighted by Crippen LogP contribution is 2.17. The summed E-state index contributed by atoms with van der Waals surface area (Å²) in [6, 6.07) is 0. The fraction of sp³-hybridized carbons (Fsp3) is 0.800. The van der Waals surface area contributed by atoms with Gasteiger partial charge in [-0.3, -0.25) is 4.99 Å². The number of aliphatic imine (C=N–C) groups is 1. The molecule has 0 aromatic carbocycles. The van der Waals surface area contributed by atoms with Gasteiger partial charge in [-0.1, -0.05) is 12.5 Å². The van der Waals surface area contributed by atoms with Gasteiger partial charge in [-0.25, -0.2) is 8.42 Å². The molecule has 0 aliphatic carbocycles. The van der Waals surface area contributed by atoms with Crippen molar-refractivity contribution >= 4 is 15.8 Å². The van der Waals surface area contributed by atoms with E-state index in [1.807, 2.05) is 13.1 Å². The summed E-state index contributed by atoms with van der Waals surface area (Å²) >= 11 is 0. The van der Waals surface area contributed by atoms with Gasteiger partial charge in [0.1, 0.15) is 0 Å². The summed E-state index contributed by atoms with van der Waals surface area (Å²) in [7, 11) is 0.993. The lowest BCUT2D eigenvalue weighted by Crippen LogP contribution is -2.41. The Morgan fingerprint density at radius 1 is 1.43 bits per heavy atom. The molecule has 0 aromatic rings. The van der Waals surface area contributed by atoms with Crippen LogP contribution in [0.2, 0.25) is 0 Å². The Hall–Kier alpha value is -1.04. The van der Waals surface area contributed by atoms with Crippen LogP contribution in [0.1, 0.15) is 32.1 Å². The Morgan fingerprint density at radius 3 is 2.76 bits per heavy atom. The highest BCUT2D eigenvalue weighted by molar-refractivity contribution is 7.91. The molecule has 122 valence electrons. The van der Waals surface area contributed by atoms with Crippen molar-refractivity contribution in [1.82, 2.24) is 10.2 Å². The van der Waals surface area contributed by atoms with Crippen LogP contribution >= 0.6 is 0 Å². The van der Waals surface area contributed by atoms with E-state index < -0.39 is 9.84 Å². The van der Waals surface area contributed by atoms with Gasteiger partial charge in [-0.05, 0) is 31.6 Å². The fourth-order valence-corrected chi connectivity index (χ4v) is 4.44. The molecular weight excluding hydrogens is 286 g/mol. The van der Waals surface area contributed by atoms with Crippen molar-refractivity contribution < 1.29 is 8.42 Å². The molecule has 1 rings (SSSR count). The Labute approximate surface area is 129 Å². The maximum Gasteiger partial charge on any atom is 0.193 e. The van der Waals surface area contributed by atoms with Gasteiger partial charge >= 0.3 is 0 Å². The zero-order valence-corrected chi connectivity index (χ0v) is 14.2. The predicted octanol–water partition coefficient (Wildman–Crippen LogP) is 1.67. The number of nitrogens with zero attached hydrogens (tertiary/aromatic N) is 2. The van der Waals surface area contributed by atoms with Gasteiger partial charge < -0.3 is 10.2 Å². The molecule has 0 spiro atoms. The van der Waals surface area contributed by atoms with Crippen LogP contribution in [-0.4, -0.2) is 58.0 Å². The van der Waals surface area contributed by atoms with Gasteiger partial charge in [0, 0.05) is 27.2 Å². The van der Waals surface area contributed by atoms with Crippen LogP contribution in [-0.2, 0) is 9.84 Å². The first-order valence-electron chi connectivity index (χ1n) is 7.71.